The second kappa shape index (κ2) is 14.6. The molecule has 1 aliphatic carbocycles. The molecule has 0 atom stereocenters. The fourth-order valence-corrected chi connectivity index (χ4v) is 9.26. The summed E-state index contributed by atoms with van der Waals surface area (Å²) in [4.78, 5) is 2.43. The highest BCUT2D eigenvalue weighted by Gasteiger charge is 2.46. The van der Waals surface area contributed by atoms with Gasteiger partial charge in [-0.3, -0.25) is 0 Å². The highest BCUT2D eigenvalue weighted by atomic mass is 15.1. The molecule has 0 saturated heterocycles. The van der Waals surface area contributed by atoms with E-state index in [-0.39, 0.29) is 0 Å². The zero-order chi connectivity index (χ0) is 39.1. The van der Waals surface area contributed by atoms with Crippen LogP contribution in [0.2, 0.25) is 0 Å². The van der Waals surface area contributed by atoms with E-state index in [1.165, 1.54) is 55.5 Å². The normalized spacial score (nSPS) is 12.7. The van der Waals surface area contributed by atoms with Crippen molar-refractivity contribution in [2.24, 2.45) is 0 Å². The van der Waals surface area contributed by atoms with Crippen LogP contribution in [0.15, 0.2) is 225 Å². The molecule has 0 amide bonds. The Morgan fingerprint density at radius 1 is 0.500 bits per heavy atom. The Morgan fingerprint density at radius 3 is 1.71 bits per heavy atom. The standard InChI is InChI=1S/C56H42N2/c1-3-4-29-54-40(2)49-36-34-48(39-55(49)58(54)45-25-15-8-16-26-45)57(46-32-30-42(31-33-46)41-19-9-5-10-20-41)47-35-37-51-50-27-17-18-28-52(50)56(53(51)38-47,43-21-11-6-12-22-43)44-23-13-7-14-24-44/h3-39H,1H2,2H3/b29-4-. The third-order valence-corrected chi connectivity index (χ3v) is 11.8. The van der Waals surface area contributed by atoms with E-state index in [0.29, 0.717) is 0 Å². The summed E-state index contributed by atoms with van der Waals surface area (Å²) in [6.45, 7) is 6.19. The summed E-state index contributed by atoms with van der Waals surface area (Å²) in [6, 6.07) is 75.3. The SMILES string of the molecule is C=C/C=C\c1c(C)c2ccc(N(c3ccc(-c4ccccc4)cc3)c3ccc4c(c3)C(c3ccccc3)(c3ccccc3)c3ccccc3-4)cc2n1-c1ccccc1. The van der Waals surface area contributed by atoms with Gasteiger partial charge >= 0.3 is 0 Å². The smallest absolute Gasteiger partial charge is 0.0714 e. The van der Waals surface area contributed by atoms with Crippen LogP contribution >= 0.6 is 0 Å². The number of benzene rings is 8. The van der Waals surface area contributed by atoms with E-state index in [1.807, 2.05) is 12.2 Å². The van der Waals surface area contributed by atoms with Gasteiger partial charge in [-0.1, -0.05) is 176 Å². The van der Waals surface area contributed by atoms with Gasteiger partial charge in [-0.25, -0.2) is 0 Å². The van der Waals surface area contributed by atoms with Gasteiger partial charge in [0.05, 0.1) is 10.9 Å². The lowest BCUT2D eigenvalue weighted by Gasteiger charge is -2.35. The summed E-state index contributed by atoms with van der Waals surface area (Å²) >= 11 is 0. The van der Waals surface area contributed by atoms with Crippen LogP contribution < -0.4 is 4.90 Å². The van der Waals surface area contributed by atoms with E-state index in [2.05, 4.69) is 235 Å². The van der Waals surface area contributed by atoms with Crippen LogP contribution in [0.5, 0.6) is 0 Å². The van der Waals surface area contributed by atoms with Crippen LogP contribution in [0.1, 0.15) is 33.5 Å². The molecule has 1 heterocycles. The van der Waals surface area contributed by atoms with Crippen molar-refractivity contribution >= 4 is 34.0 Å². The fourth-order valence-electron chi connectivity index (χ4n) is 9.26. The van der Waals surface area contributed by atoms with Crippen molar-refractivity contribution in [2.75, 3.05) is 4.90 Å². The number of para-hydroxylation sites is 1. The zero-order valence-corrected chi connectivity index (χ0v) is 32.5. The summed E-state index contributed by atoms with van der Waals surface area (Å²) in [5.41, 5.74) is 17.4. The Bertz CT molecular complexity index is 2900. The zero-order valence-electron chi connectivity index (χ0n) is 32.5. The number of allylic oxidation sites excluding steroid dienone is 2. The molecule has 9 aromatic rings. The lowest BCUT2D eigenvalue weighted by Crippen LogP contribution is -2.28. The minimum Gasteiger partial charge on any atom is -0.310 e. The summed E-state index contributed by atoms with van der Waals surface area (Å²) in [5.74, 6) is 0. The van der Waals surface area contributed by atoms with Crippen LogP contribution in [0.3, 0.4) is 0 Å². The highest BCUT2D eigenvalue weighted by Crippen LogP contribution is 2.57. The molecule has 1 aromatic heterocycles. The Labute approximate surface area is 340 Å². The van der Waals surface area contributed by atoms with Gasteiger partial charge in [-0.05, 0) is 112 Å². The van der Waals surface area contributed by atoms with Crippen molar-refractivity contribution in [3.63, 3.8) is 0 Å². The van der Waals surface area contributed by atoms with Gasteiger partial charge in [0.15, 0.2) is 0 Å². The van der Waals surface area contributed by atoms with Crippen LogP contribution in [0.4, 0.5) is 17.1 Å². The van der Waals surface area contributed by atoms with Crippen molar-refractivity contribution in [1.29, 1.82) is 0 Å². The third-order valence-electron chi connectivity index (χ3n) is 11.8. The van der Waals surface area contributed by atoms with Crippen molar-refractivity contribution in [2.45, 2.75) is 12.3 Å². The Hall–Kier alpha value is -7.42. The predicted molar refractivity (Wildman–Crippen MR) is 245 cm³/mol. The van der Waals surface area contributed by atoms with E-state index in [1.54, 1.807) is 0 Å². The summed E-state index contributed by atoms with van der Waals surface area (Å²) in [6.07, 6.45) is 6.03. The quantitative estimate of drug-likeness (QED) is 0.134. The van der Waals surface area contributed by atoms with Gasteiger partial charge in [0.2, 0.25) is 0 Å². The molecule has 0 unspecified atom stereocenters. The van der Waals surface area contributed by atoms with Crippen molar-refractivity contribution < 1.29 is 0 Å². The number of aromatic nitrogens is 1. The molecule has 2 nitrogen and oxygen atoms in total. The average Bonchev–Trinajstić information content (AvgIpc) is 3.75. The molecule has 0 bridgehead atoms. The maximum Gasteiger partial charge on any atom is 0.0714 e. The van der Waals surface area contributed by atoms with Crippen molar-refractivity contribution in [3.8, 4) is 27.9 Å². The van der Waals surface area contributed by atoms with E-state index in [9.17, 15) is 0 Å². The largest absolute Gasteiger partial charge is 0.310 e. The highest BCUT2D eigenvalue weighted by molar-refractivity contribution is 5.95. The molecule has 2 heteroatoms. The Kier molecular flexibility index (Phi) is 8.81. The van der Waals surface area contributed by atoms with Gasteiger partial charge in [0.1, 0.15) is 0 Å². The number of nitrogens with zero attached hydrogens (tertiary/aromatic N) is 2. The van der Waals surface area contributed by atoms with E-state index < -0.39 is 5.41 Å². The first-order valence-corrected chi connectivity index (χ1v) is 20.0. The number of fused-ring (bicyclic) bond motifs is 4. The summed E-state index contributed by atoms with van der Waals surface area (Å²) in [5, 5.41) is 1.22. The van der Waals surface area contributed by atoms with Gasteiger partial charge in [0, 0.05) is 33.8 Å². The third kappa shape index (κ3) is 5.64. The first-order valence-electron chi connectivity index (χ1n) is 20.0. The molecule has 0 saturated carbocycles. The maximum absolute atomic E-state index is 3.98. The number of rotatable bonds is 9. The van der Waals surface area contributed by atoms with Crippen LogP contribution in [-0.4, -0.2) is 4.57 Å². The summed E-state index contributed by atoms with van der Waals surface area (Å²) in [7, 11) is 0. The van der Waals surface area contributed by atoms with Gasteiger partial charge in [0.25, 0.3) is 0 Å². The fraction of sp³-hybridized carbons (Fsp3) is 0.0357. The average molecular weight is 743 g/mol. The van der Waals surface area contributed by atoms with Gasteiger partial charge in [-0.15, -0.1) is 0 Å². The molecule has 1 aliphatic rings. The maximum atomic E-state index is 3.98. The molecule has 276 valence electrons. The second-order valence-electron chi connectivity index (χ2n) is 15.0. The number of aryl methyl sites for hydroxylation is 1. The topological polar surface area (TPSA) is 8.17 Å². The lowest BCUT2D eigenvalue weighted by atomic mass is 9.67. The summed E-state index contributed by atoms with van der Waals surface area (Å²) < 4.78 is 2.38. The molecule has 58 heavy (non-hydrogen) atoms. The first kappa shape index (κ1) is 35.0. The van der Waals surface area contributed by atoms with E-state index in [4.69, 9.17) is 0 Å². The predicted octanol–water partition coefficient (Wildman–Crippen LogP) is 14.6. The molecular weight excluding hydrogens is 701 g/mol. The molecule has 10 rings (SSSR count). The minimum absolute atomic E-state index is 0.511. The number of anilines is 3. The molecule has 0 radical (unpaired) electrons. The van der Waals surface area contributed by atoms with E-state index >= 15 is 0 Å². The number of hydrogen-bond donors (Lipinski definition) is 0. The molecule has 0 N–H and O–H groups in total. The molecule has 0 aliphatic heterocycles. The van der Waals surface area contributed by atoms with Crippen LogP contribution in [0, 0.1) is 6.92 Å². The Morgan fingerprint density at radius 2 is 1.03 bits per heavy atom. The minimum atomic E-state index is -0.511. The monoisotopic (exact) mass is 742 g/mol. The molecule has 0 spiro atoms. The molecule has 0 fully saturated rings. The van der Waals surface area contributed by atoms with E-state index in [0.717, 1.165) is 34.0 Å². The van der Waals surface area contributed by atoms with Crippen LogP contribution in [-0.2, 0) is 5.41 Å². The van der Waals surface area contributed by atoms with Gasteiger partial charge in [-0.2, -0.15) is 0 Å². The van der Waals surface area contributed by atoms with Crippen molar-refractivity contribution in [3.05, 3.63) is 258 Å². The first-order chi connectivity index (χ1) is 28.7. The molecular formula is C56H42N2. The van der Waals surface area contributed by atoms with Crippen molar-refractivity contribution in [1.82, 2.24) is 4.57 Å². The second-order valence-corrected chi connectivity index (χ2v) is 15.0. The molecule has 8 aromatic carbocycles. The Balaban J connectivity index is 1.24. The lowest BCUT2D eigenvalue weighted by molar-refractivity contribution is 0.768. The number of hydrogen-bond acceptors (Lipinski definition) is 1. The van der Waals surface area contributed by atoms with Gasteiger partial charge < -0.3 is 9.47 Å². The van der Waals surface area contributed by atoms with Crippen LogP contribution in [0.25, 0.3) is 44.9 Å².